The second-order valence-electron chi connectivity index (χ2n) is 8.12. The fourth-order valence-corrected chi connectivity index (χ4v) is 5.10. The van der Waals surface area contributed by atoms with Crippen molar-refractivity contribution in [3.63, 3.8) is 0 Å². The number of hydrogen-bond donors (Lipinski definition) is 1. The molecular formula is C24H27FN4OS. The molecule has 0 radical (unpaired) electrons. The SMILES string of the molecule is CNc1nc(C)c(C(=O)N2CCC[C@H](c3cc(Cc4cccc(F)c4)cc(C)n3)C2)s1. The Morgan fingerprint density at radius 2 is 2.06 bits per heavy atom. The van der Waals surface area contributed by atoms with Crippen molar-refractivity contribution < 1.29 is 9.18 Å². The first-order valence-corrected chi connectivity index (χ1v) is 11.4. The predicted octanol–water partition coefficient (Wildman–Crippen LogP) is 4.95. The molecule has 0 aliphatic carbocycles. The number of amides is 1. The number of halogens is 1. The van der Waals surface area contributed by atoms with Crippen LogP contribution in [0.3, 0.4) is 0 Å². The van der Waals surface area contributed by atoms with Crippen LogP contribution in [-0.4, -0.2) is 40.9 Å². The molecule has 5 nitrogen and oxygen atoms in total. The summed E-state index contributed by atoms with van der Waals surface area (Å²) in [4.78, 5) is 25.0. The van der Waals surface area contributed by atoms with Crippen LogP contribution in [-0.2, 0) is 6.42 Å². The number of rotatable bonds is 5. The number of aromatic nitrogens is 2. The Morgan fingerprint density at radius 1 is 1.23 bits per heavy atom. The number of carbonyl (C=O) groups excluding carboxylic acids is 1. The first-order chi connectivity index (χ1) is 14.9. The highest BCUT2D eigenvalue weighted by molar-refractivity contribution is 7.17. The maximum atomic E-state index is 13.6. The monoisotopic (exact) mass is 438 g/mol. The Labute approximate surface area is 186 Å². The van der Waals surface area contributed by atoms with Gasteiger partial charge in [-0.3, -0.25) is 9.78 Å². The van der Waals surface area contributed by atoms with Gasteiger partial charge in [-0.1, -0.05) is 23.5 Å². The average Bonchev–Trinajstić information content (AvgIpc) is 3.13. The number of nitrogens with zero attached hydrogens (tertiary/aromatic N) is 3. The van der Waals surface area contributed by atoms with Gasteiger partial charge in [-0.15, -0.1) is 0 Å². The maximum Gasteiger partial charge on any atom is 0.265 e. The smallest absolute Gasteiger partial charge is 0.265 e. The Morgan fingerprint density at radius 3 is 2.81 bits per heavy atom. The Bertz CT molecular complexity index is 1100. The highest BCUT2D eigenvalue weighted by atomic mass is 32.1. The van der Waals surface area contributed by atoms with Crippen LogP contribution in [0.2, 0.25) is 0 Å². The molecule has 1 atom stereocenters. The second kappa shape index (κ2) is 9.14. The molecule has 3 aromatic rings. The standard InChI is InChI=1S/C24H27FN4OS/c1-15-10-18(11-17-6-4-8-20(25)12-17)13-21(27-15)19-7-5-9-29(14-19)23(30)22-16(2)28-24(26-3)31-22/h4,6,8,10,12-13,19H,5,7,9,11,14H2,1-3H3,(H,26,28)/t19-/m0/s1. The summed E-state index contributed by atoms with van der Waals surface area (Å²) in [5.41, 5.74) is 4.80. The molecule has 4 rings (SSSR count). The van der Waals surface area contributed by atoms with Gasteiger partial charge in [0.05, 0.1) is 5.69 Å². The van der Waals surface area contributed by atoms with Crippen molar-refractivity contribution in [1.82, 2.24) is 14.9 Å². The van der Waals surface area contributed by atoms with Crippen LogP contribution in [0.4, 0.5) is 9.52 Å². The number of anilines is 1. The molecule has 2 aromatic heterocycles. The van der Waals surface area contributed by atoms with Crippen LogP contribution in [0.15, 0.2) is 36.4 Å². The molecule has 1 fully saturated rings. The molecule has 0 saturated carbocycles. The van der Waals surface area contributed by atoms with Gasteiger partial charge in [0.25, 0.3) is 5.91 Å². The first-order valence-electron chi connectivity index (χ1n) is 10.6. The number of thiazole rings is 1. The van der Waals surface area contributed by atoms with E-state index < -0.39 is 0 Å². The summed E-state index contributed by atoms with van der Waals surface area (Å²) in [5.74, 6) is 0.0272. The van der Waals surface area contributed by atoms with E-state index >= 15 is 0 Å². The Hall–Kier alpha value is -2.80. The van der Waals surface area contributed by atoms with Gasteiger partial charge in [-0.2, -0.15) is 0 Å². The van der Waals surface area contributed by atoms with E-state index in [9.17, 15) is 9.18 Å². The van der Waals surface area contributed by atoms with Gasteiger partial charge in [-0.05, 0) is 68.5 Å². The van der Waals surface area contributed by atoms with Crippen molar-refractivity contribution in [3.8, 4) is 0 Å². The average molecular weight is 439 g/mol. The normalized spacial score (nSPS) is 16.4. The van der Waals surface area contributed by atoms with E-state index in [2.05, 4.69) is 22.4 Å². The molecule has 1 N–H and O–H groups in total. The number of nitrogens with one attached hydrogen (secondary N) is 1. The highest BCUT2D eigenvalue weighted by Gasteiger charge is 2.28. The lowest BCUT2D eigenvalue weighted by atomic mass is 9.92. The summed E-state index contributed by atoms with van der Waals surface area (Å²) in [5, 5.41) is 3.78. The minimum absolute atomic E-state index is 0.0498. The molecule has 1 aliphatic rings. The molecule has 1 aromatic carbocycles. The third-order valence-corrected chi connectivity index (χ3v) is 6.82. The summed E-state index contributed by atoms with van der Waals surface area (Å²) in [6.45, 7) is 5.28. The quantitative estimate of drug-likeness (QED) is 0.613. The van der Waals surface area contributed by atoms with Crippen molar-refractivity contribution in [1.29, 1.82) is 0 Å². The van der Waals surface area contributed by atoms with Gasteiger partial charge in [0.15, 0.2) is 5.13 Å². The fraction of sp³-hybridized carbons (Fsp3) is 0.375. The molecule has 1 amide bonds. The van der Waals surface area contributed by atoms with Crippen LogP contribution in [0.1, 0.15) is 56.6 Å². The van der Waals surface area contributed by atoms with Gasteiger partial charge in [0.2, 0.25) is 0 Å². The number of piperidine rings is 1. The first kappa shape index (κ1) is 21.4. The molecule has 0 bridgehead atoms. The molecule has 0 unspecified atom stereocenters. The van der Waals surface area contributed by atoms with Crippen LogP contribution in [0.25, 0.3) is 0 Å². The lowest BCUT2D eigenvalue weighted by molar-refractivity contribution is 0.0710. The van der Waals surface area contributed by atoms with Crippen molar-refractivity contribution in [2.75, 3.05) is 25.5 Å². The zero-order valence-electron chi connectivity index (χ0n) is 18.1. The topological polar surface area (TPSA) is 58.1 Å². The molecule has 31 heavy (non-hydrogen) atoms. The Balaban J connectivity index is 1.53. The molecule has 162 valence electrons. The van der Waals surface area contributed by atoms with E-state index in [1.807, 2.05) is 31.9 Å². The third kappa shape index (κ3) is 4.93. The minimum Gasteiger partial charge on any atom is -0.365 e. The van der Waals surface area contributed by atoms with Crippen LogP contribution in [0, 0.1) is 19.7 Å². The fourth-order valence-electron chi connectivity index (χ4n) is 4.21. The van der Waals surface area contributed by atoms with Gasteiger partial charge >= 0.3 is 0 Å². The van der Waals surface area contributed by atoms with Crippen molar-refractivity contribution in [2.45, 2.75) is 39.0 Å². The van der Waals surface area contributed by atoms with Gasteiger partial charge < -0.3 is 10.2 Å². The van der Waals surface area contributed by atoms with E-state index in [-0.39, 0.29) is 17.6 Å². The van der Waals surface area contributed by atoms with Crippen LogP contribution >= 0.6 is 11.3 Å². The molecule has 7 heteroatoms. The summed E-state index contributed by atoms with van der Waals surface area (Å²) in [7, 11) is 1.81. The van der Waals surface area contributed by atoms with Gasteiger partial charge in [0.1, 0.15) is 10.7 Å². The summed E-state index contributed by atoms with van der Waals surface area (Å²) in [6, 6.07) is 10.9. The molecule has 1 saturated heterocycles. The van der Waals surface area contributed by atoms with Gasteiger partial charge in [-0.25, -0.2) is 9.37 Å². The van der Waals surface area contributed by atoms with Crippen LogP contribution in [0.5, 0.6) is 0 Å². The number of likely N-dealkylation sites (tertiary alicyclic amines) is 1. The summed E-state index contributed by atoms with van der Waals surface area (Å²) >= 11 is 1.41. The predicted molar refractivity (Wildman–Crippen MR) is 122 cm³/mol. The van der Waals surface area contributed by atoms with Crippen molar-refractivity contribution in [3.05, 3.63) is 75.3 Å². The van der Waals surface area contributed by atoms with Crippen molar-refractivity contribution in [2.24, 2.45) is 0 Å². The summed E-state index contributed by atoms with van der Waals surface area (Å²) < 4.78 is 13.6. The number of benzene rings is 1. The van der Waals surface area contributed by atoms with E-state index in [1.54, 1.807) is 12.1 Å². The number of pyridine rings is 1. The van der Waals surface area contributed by atoms with E-state index in [1.165, 1.54) is 17.4 Å². The molecular weight excluding hydrogens is 411 g/mol. The maximum absolute atomic E-state index is 13.6. The van der Waals surface area contributed by atoms with Crippen LogP contribution < -0.4 is 5.32 Å². The van der Waals surface area contributed by atoms with Gasteiger partial charge in [0, 0.05) is 37.4 Å². The third-order valence-electron chi connectivity index (χ3n) is 5.66. The largest absolute Gasteiger partial charge is 0.365 e. The highest BCUT2D eigenvalue weighted by Crippen LogP contribution is 2.30. The molecule has 0 spiro atoms. The number of aryl methyl sites for hydroxylation is 2. The second-order valence-corrected chi connectivity index (χ2v) is 9.12. The Kier molecular flexibility index (Phi) is 6.32. The number of hydrogen-bond acceptors (Lipinski definition) is 5. The van der Waals surface area contributed by atoms with E-state index in [0.717, 1.165) is 52.7 Å². The number of carbonyl (C=O) groups is 1. The zero-order valence-corrected chi connectivity index (χ0v) is 18.9. The minimum atomic E-state index is -0.218. The van der Waals surface area contributed by atoms with E-state index in [0.29, 0.717) is 17.8 Å². The lowest BCUT2D eigenvalue weighted by Gasteiger charge is -2.32. The summed E-state index contributed by atoms with van der Waals surface area (Å²) in [6.07, 6.45) is 2.61. The van der Waals surface area contributed by atoms with E-state index in [4.69, 9.17) is 4.98 Å². The molecule has 3 heterocycles. The molecule has 1 aliphatic heterocycles. The van der Waals surface area contributed by atoms with Crippen molar-refractivity contribution >= 4 is 22.4 Å². The zero-order chi connectivity index (χ0) is 22.0. The lowest BCUT2D eigenvalue weighted by Crippen LogP contribution is -2.39.